The third-order valence-corrected chi connectivity index (χ3v) is 11.1. The number of phenolic OH excluding ortho intramolecular Hbond substituents is 1. The molecular formula is C35H36F3N7O2. The maximum Gasteiger partial charge on any atom is 0.319 e. The van der Waals surface area contributed by atoms with E-state index in [0.717, 1.165) is 57.7 Å². The minimum absolute atomic E-state index is 0.00122. The molecular weight excluding hydrogens is 607 g/mol. The van der Waals surface area contributed by atoms with Crippen molar-refractivity contribution in [2.45, 2.75) is 69.5 Å². The van der Waals surface area contributed by atoms with E-state index in [1.165, 1.54) is 16.6 Å². The number of benzene rings is 2. The standard InChI is InChI=1S/C35H36F3N7O2/c1-2-21-24(36)8-7-22-27(21)23(15-26(46)29(22)37)32-30(38)31-28(25-9-12-39-45(25)32)33(43-16-19-5-6-20(17-43)40-19)42-34(41-31)47-18-35-10-3-13-44(35)14-4-11-35/h7-9,12,15,19-20,40,46H,2-6,10-11,13-14,16-18H2,1H3. The molecule has 7 heterocycles. The summed E-state index contributed by atoms with van der Waals surface area (Å²) in [5, 5.41) is 19.5. The average molecular weight is 644 g/mol. The number of pyridine rings is 1. The van der Waals surface area contributed by atoms with Gasteiger partial charge in [0, 0.05) is 41.5 Å². The molecule has 4 aliphatic heterocycles. The van der Waals surface area contributed by atoms with Gasteiger partial charge in [0.15, 0.2) is 17.4 Å². The lowest BCUT2D eigenvalue weighted by atomic mass is 9.93. The molecule has 2 atom stereocenters. The topological polar surface area (TPSA) is 91.1 Å². The van der Waals surface area contributed by atoms with Crippen molar-refractivity contribution in [2.75, 3.05) is 37.7 Å². The minimum Gasteiger partial charge on any atom is -0.505 e. The van der Waals surface area contributed by atoms with Crippen LogP contribution in [-0.4, -0.2) is 80.0 Å². The third-order valence-electron chi connectivity index (χ3n) is 11.1. The van der Waals surface area contributed by atoms with Crippen LogP contribution in [0.1, 0.15) is 51.0 Å². The fourth-order valence-electron chi connectivity index (χ4n) is 8.91. The van der Waals surface area contributed by atoms with Gasteiger partial charge in [0.2, 0.25) is 0 Å². The van der Waals surface area contributed by atoms with E-state index in [1.807, 2.05) is 0 Å². The number of hydrogen-bond donors (Lipinski definition) is 2. The Morgan fingerprint density at radius 2 is 1.77 bits per heavy atom. The highest BCUT2D eigenvalue weighted by molar-refractivity contribution is 6.07. The van der Waals surface area contributed by atoms with Gasteiger partial charge < -0.3 is 20.1 Å². The number of aromatic hydroxyl groups is 1. The summed E-state index contributed by atoms with van der Waals surface area (Å²) in [4.78, 5) is 14.4. The van der Waals surface area contributed by atoms with E-state index in [4.69, 9.17) is 14.7 Å². The summed E-state index contributed by atoms with van der Waals surface area (Å²) in [5.74, 6) is -2.24. The smallest absolute Gasteiger partial charge is 0.319 e. The first kappa shape index (κ1) is 29.0. The molecule has 0 saturated carbocycles. The molecule has 4 fully saturated rings. The van der Waals surface area contributed by atoms with E-state index < -0.39 is 23.2 Å². The summed E-state index contributed by atoms with van der Waals surface area (Å²) < 4.78 is 55.7. The highest BCUT2D eigenvalue weighted by Crippen LogP contribution is 2.44. The van der Waals surface area contributed by atoms with Gasteiger partial charge in [-0.3, -0.25) is 4.90 Å². The molecule has 0 radical (unpaired) electrons. The second-order valence-corrected chi connectivity index (χ2v) is 13.7. The van der Waals surface area contributed by atoms with Crippen molar-refractivity contribution < 1.29 is 23.0 Å². The number of nitrogens with one attached hydrogen (secondary N) is 1. The maximum absolute atomic E-state index is 17.4. The summed E-state index contributed by atoms with van der Waals surface area (Å²) in [7, 11) is 0. The fraction of sp³-hybridized carbons (Fsp3) is 0.457. The van der Waals surface area contributed by atoms with E-state index in [2.05, 4.69) is 20.2 Å². The van der Waals surface area contributed by atoms with Crippen molar-refractivity contribution in [2.24, 2.45) is 0 Å². The maximum atomic E-state index is 17.4. The van der Waals surface area contributed by atoms with Crippen molar-refractivity contribution in [3.05, 3.63) is 53.5 Å². The van der Waals surface area contributed by atoms with Crippen LogP contribution in [0.25, 0.3) is 38.4 Å². The molecule has 4 saturated heterocycles. The molecule has 244 valence electrons. The minimum atomic E-state index is -0.891. The molecule has 0 amide bonds. The zero-order valence-corrected chi connectivity index (χ0v) is 26.2. The second-order valence-electron chi connectivity index (χ2n) is 13.7. The Labute approximate surface area is 269 Å². The summed E-state index contributed by atoms with van der Waals surface area (Å²) >= 11 is 0. The van der Waals surface area contributed by atoms with E-state index in [1.54, 1.807) is 19.2 Å². The lowest BCUT2D eigenvalue weighted by Crippen LogP contribution is -2.51. The Hall–Kier alpha value is -4.16. The van der Waals surface area contributed by atoms with Gasteiger partial charge in [-0.05, 0) is 87.9 Å². The first-order chi connectivity index (χ1) is 22.8. The quantitative estimate of drug-likeness (QED) is 0.243. The van der Waals surface area contributed by atoms with Gasteiger partial charge in [-0.1, -0.05) is 6.92 Å². The zero-order chi connectivity index (χ0) is 32.0. The molecule has 3 aromatic heterocycles. The van der Waals surface area contributed by atoms with Crippen LogP contribution in [0.5, 0.6) is 11.8 Å². The highest BCUT2D eigenvalue weighted by Gasteiger charge is 2.45. The fourth-order valence-corrected chi connectivity index (χ4v) is 8.91. The number of aromatic nitrogens is 4. The van der Waals surface area contributed by atoms with Crippen molar-refractivity contribution in [3.8, 4) is 23.0 Å². The van der Waals surface area contributed by atoms with Crippen molar-refractivity contribution in [1.82, 2.24) is 29.8 Å². The summed E-state index contributed by atoms with van der Waals surface area (Å²) in [6, 6.07) is 6.09. The van der Waals surface area contributed by atoms with Crippen LogP contribution in [0, 0.1) is 17.5 Å². The van der Waals surface area contributed by atoms with Crippen LogP contribution >= 0.6 is 0 Å². The monoisotopic (exact) mass is 643 g/mol. The summed E-state index contributed by atoms with van der Waals surface area (Å²) in [6.07, 6.45) is 8.23. The number of nitrogens with zero attached hydrogens (tertiary/aromatic N) is 6. The van der Waals surface area contributed by atoms with Crippen LogP contribution in [0.4, 0.5) is 19.0 Å². The number of fused-ring (bicyclic) bond motifs is 7. The summed E-state index contributed by atoms with van der Waals surface area (Å²) in [6.45, 7) is 5.69. The largest absolute Gasteiger partial charge is 0.505 e. The van der Waals surface area contributed by atoms with Gasteiger partial charge in [-0.25, -0.2) is 17.7 Å². The molecule has 2 N–H and O–H groups in total. The molecule has 4 aliphatic rings. The SMILES string of the molecule is CCc1c(F)ccc2c(F)c(O)cc(-c3c(F)c4nc(OCC56CCCN5CCC6)nc(N5CC6CCC(C5)N6)c4c4ccnn34)c12. The Bertz CT molecular complexity index is 2060. The molecule has 2 unspecified atom stereocenters. The Morgan fingerprint density at radius 3 is 2.51 bits per heavy atom. The molecule has 2 aromatic carbocycles. The third kappa shape index (κ3) is 4.33. The molecule has 9 rings (SSSR count). The number of anilines is 1. The number of phenols is 1. The predicted molar refractivity (Wildman–Crippen MR) is 173 cm³/mol. The number of aryl methyl sites for hydroxylation is 1. The van der Waals surface area contributed by atoms with Crippen LogP contribution in [0.3, 0.4) is 0 Å². The van der Waals surface area contributed by atoms with E-state index >= 15 is 13.2 Å². The van der Waals surface area contributed by atoms with Crippen LogP contribution in [-0.2, 0) is 6.42 Å². The second kappa shape index (κ2) is 10.7. The van der Waals surface area contributed by atoms with E-state index in [9.17, 15) is 5.11 Å². The van der Waals surface area contributed by atoms with Crippen molar-refractivity contribution >= 4 is 33.0 Å². The molecule has 12 heteroatoms. The molecule has 9 nitrogen and oxygen atoms in total. The number of rotatable bonds is 6. The van der Waals surface area contributed by atoms with Crippen LogP contribution in [0.15, 0.2) is 30.5 Å². The van der Waals surface area contributed by atoms with Crippen LogP contribution in [0.2, 0.25) is 0 Å². The van der Waals surface area contributed by atoms with E-state index in [0.29, 0.717) is 48.5 Å². The van der Waals surface area contributed by atoms with Gasteiger partial charge in [-0.2, -0.15) is 15.1 Å². The van der Waals surface area contributed by atoms with E-state index in [-0.39, 0.29) is 51.1 Å². The summed E-state index contributed by atoms with van der Waals surface area (Å²) in [5.41, 5.74) is 0.820. The number of hydrogen-bond acceptors (Lipinski definition) is 8. The van der Waals surface area contributed by atoms with Gasteiger partial charge in [0.1, 0.15) is 29.5 Å². The van der Waals surface area contributed by atoms with Crippen molar-refractivity contribution in [1.29, 1.82) is 0 Å². The van der Waals surface area contributed by atoms with Gasteiger partial charge in [-0.15, -0.1) is 0 Å². The lowest BCUT2D eigenvalue weighted by Gasteiger charge is -2.35. The molecule has 5 aromatic rings. The van der Waals surface area contributed by atoms with Gasteiger partial charge in [0.25, 0.3) is 0 Å². The first-order valence-electron chi connectivity index (χ1n) is 16.7. The molecule has 47 heavy (non-hydrogen) atoms. The van der Waals surface area contributed by atoms with Gasteiger partial charge in [0.05, 0.1) is 22.6 Å². The zero-order valence-electron chi connectivity index (χ0n) is 26.2. The van der Waals surface area contributed by atoms with Gasteiger partial charge >= 0.3 is 6.01 Å². The Morgan fingerprint density at radius 1 is 1.00 bits per heavy atom. The number of piperazine rings is 1. The number of halogens is 3. The Kier molecular flexibility index (Phi) is 6.59. The normalized spacial score (nSPS) is 22.3. The molecule has 2 bridgehead atoms. The number of ether oxygens (including phenoxy) is 1. The first-order valence-corrected chi connectivity index (χ1v) is 16.7. The highest BCUT2D eigenvalue weighted by atomic mass is 19.1. The Balaban J connectivity index is 1.29. The van der Waals surface area contributed by atoms with Crippen LogP contribution < -0.4 is 15.0 Å². The van der Waals surface area contributed by atoms with Crippen molar-refractivity contribution in [3.63, 3.8) is 0 Å². The molecule has 0 aliphatic carbocycles. The predicted octanol–water partition coefficient (Wildman–Crippen LogP) is 5.73. The lowest BCUT2D eigenvalue weighted by molar-refractivity contribution is 0.108. The average Bonchev–Trinajstić information content (AvgIpc) is 3.86. The molecule has 0 spiro atoms.